The molecule has 7 heteroatoms. The van der Waals surface area contributed by atoms with E-state index in [0.29, 0.717) is 11.7 Å². The molecule has 2 aromatic heterocycles. The highest BCUT2D eigenvalue weighted by molar-refractivity contribution is 5.82. The summed E-state index contributed by atoms with van der Waals surface area (Å²) in [7, 11) is 1.83. The molecule has 0 radical (unpaired) electrons. The zero-order chi connectivity index (χ0) is 17.2. The van der Waals surface area contributed by atoms with E-state index in [0.717, 1.165) is 37.1 Å². The predicted octanol–water partition coefficient (Wildman–Crippen LogP) is 2.65. The second-order valence-electron chi connectivity index (χ2n) is 6.28. The largest absolute Gasteiger partial charge is 0.345 e. The van der Waals surface area contributed by atoms with E-state index in [4.69, 9.17) is 4.52 Å². The van der Waals surface area contributed by atoms with Crippen molar-refractivity contribution in [1.29, 1.82) is 0 Å². The Kier molecular flexibility index (Phi) is 4.05. The molecule has 3 heterocycles. The molecule has 25 heavy (non-hydrogen) atoms. The lowest BCUT2D eigenvalue weighted by Gasteiger charge is -2.16. The molecule has 128 valence electrons. The molecule has 1 unspecified atom stereocenters. The van der Waals surface area contributed by atoms with Crippen LogP contribution in [0.4, 0.5) is 0 Å². The summed E-state index contributed by atoms with van der Waals surface area (Å²) in [4.78, 5) is 22.7. The Morgan fingerprint density at radius 1 is 1.20 bits per heavy atom. The van der Waals surface area contributed by atoms with Crippen molar-refractivity contribution >= 4 is 5.91 Å². The van der Waals surface area contributed by atoms with E-state index >= 15 is 0 Å². The molecule has 0 spiro atoms. The Balaban J connectivity index is 1.57. The number of aromatic nitrogens is 4. The maximum Gasteiger partial charge on any atom is 0.239 e. The fourth-order valence-electron chi connectivity index (χ4n) is 3.11. The second-order valence-corrected chi connectivity index (χ2v) is 6.28. The van der Waals surface area contributed by atoms with Crippen LogP contribution in [-0.4, -0.2) is 44.1 Å². The third-order valence-corrected chi connectivity index (χ3v) is 4.58. The molecule has 0 saturated carbocycles. The summed E-state index contributed by atoms with van der Waals surface area (Å²) < 4.78 is 7.33. The number of likely N-dealkylation sites (N-methyl/N-ethyl adjacent to an activating group) is 1. The maximum atomic E-state index is 12.5. The summed E-state index contributed by atoms with van der Waals surface area (Å²) in [6.45, 7) is 0.784. The van der Waals surface area contributed by atoms with Crippen LogP contribution in [0.5, 0.6) is 0 Å². The average molecular weight is 337 g/mol. The molecule has 0 aliphatic carbocycles. The number of amides is 1. The van der Waals surface area contributed by atoms with E-state index < -0.39 is 0 Å². The van der Waals surface area contributed by atoms with E-state index in [9.17, 15) is 4.79 Å². The Labute approximate surface area is 145 Å². The summed E-state index contributed by atoms with van der Waals surface area (Å²) >= 11 is 0. The third-order valence-electron chi connectivity index (χ3n) is 4.58. The molecule has 1 aliphatic heterocycles. The van der Waals surface area contributed by atoms with Gasteiger partial charge in [0, 0.05) is 37.2 Å². The van der Waals surface area contributed by atoms with Crippen molar-refractivity contribution in [3.8, 4) is 17.1 Å². The molecule has 1 aliphatic rings. The molecular formula is C18H19N5O2. The first-order valence-electron chi connectivity index (χ1n) is 8.40. The molecular weight excluding hydrogens is 318 g/mol. The van der Waals surface area contributed by atoms with Gasteiger partial charge in [0.25, 0.3) is 0 Å². The van der Waals surface area contributed by atoms with Gasteiger partial charge in [0.15, 0.2) is 0 Å². The Morgan fingerprint density at radius 2 is 2.04 bits per heavy atom. The van der Waals surface area contributed by atoms with Crippen LogP contribution in [0.25, 0.3) is 17.1 Å². The first-order chi connectivity index (χ1) is 12.2. The summed E-state index contributed by atoms with van der Waals surface area (Å²) in [5, 5.41) is 4.07. The molecule has 0 bridgehead atoms. The summed E-state index contributed by atoms with van der Waals surface area (Å²) in [6, 6.07) is 7.81. The fourth-order valence-corrected chi connectivity index (χ4v) is 3.11. The Morgan fingerprint density at radius 3 is 2.80 bits per heavy atom. The van der Waals surface area contributed by atoms with E-state index in [1.165, 1.54) is 0 Å². The molecule has 1 atom stereocenters. The molecule has 4 rings (SSSR count). The van der Waals surface area contributed by atoms with Gasteiger partial charge in [-0.1, -0.05) is 11.6 Å². The minimum absolute atomic E-state index is 0.0585. The van der Waals surface area contributed by atoms with Gasteiger partial charge in [-0.05, 0) is 37.1 Å². The van der Waals surface area contributed by atoms with Crippen LogP contribution in [-0.2, 0) is 4.79 Å². The minimum atomic E-state index is -0.334. The van der Waals surface area contributed by atoms with Crippen molar-refractivity contribution < 1.29 is 9.32 Å². The Hall–Kier alpha value is -2.96. The highest BCUT2D eigenvalue weighted by Crippen LogP contribution is 2.28. The topological polar surface area (TPSA) is 77.1 Å². The lowest BCUT2D eigenvalue weighted by molar-refractivity contribution is -0.131. The van der Waals surface area contributed by atoms with E-state index in [2.05, 4.69) is 15.1 Å². The van der Waals surface area contributed by atoms with Crippen LogP contribution >= 0.6 is 0 Å². The summed E-state index contributed by atoms with van der Waals surface area (Å²) in [5.74, 6) is 0.640. The number of carbonyl (C=O) groups is 1. The second kappa shape index (κ2) is 6.51. The average Bonchev–Trinajstić information content (AvgIpc) is 3.31. The molecule has 0 N–H and O–H groups in total. The van der Waals surface area contributed by atoms with E-state index in [-0.39, 0.29) is 11.8 Å². The van der Waals surface area contributed by atoms with Crippen LogP contribution in [0.15, 0.2) is 47.5 Å². The number of nitrogens with zero attached hydrogens (tertiary/aromatic N) is 5. The smallest absolute Gasteiger partial charge is 0.239 e. The summed E-state index contributed by atoms with van der Waals surface area (Å²) in [6.07, 6.45) is 8.11. The van der Waals surface area contributed by atoms with Crippen molar-refractivity contribution in [2.75, 3.05) is 13.6 Å². The quantitative estimate of drug-likeness (QED) is 0.734. The van der Waals surface area contributed by atoms with E-state index in [1.54, 1.807) is 17.4 Å². The molecule has 1 fully saturated rings. The molecule has 1 aromatic carbocycles. The number of rotatable bonds is 3. The summed E-state index contributed by atoms with van der Waals surface area (Å²) in [5.41, 5.74) is 1.86. The number of hydrogen-bond donors (Lipinski definition) is 0. The van der Waals surface area contributed by atoms with Gasteiger partial charge in [-0.25, -0.2) is 4.98 Å². The van der Waals surface area contributed by atoms with Crippen LogP contribution in [0.1, 0.15) is 31.1 Å². The highest BCUT2D eigenvalue weighted by atomic mass is 16.5. The van der Waals surface area contributed by atoms with Crippen LogP contribution in [0.2, 0.25) is 0 Å². The number of likely N-dealkylation sites (tertiary alicyclic amines) is 1. The van der Waals surface area contributed by atoms with Crippen LogP contribution < -0.4 is 0 Å². The van der Waals surface area contributed by atoms with Crippen LogP contribution in [0, 0.1) is 0 Å². The van der Waals surface area contributed by atoms with Crippen molar-refractivity contribution in [3.63, 3.8) is 0 Å². The van der Waals surface area contributed by atoms with E-state index in [1.807, 2.05) is 42.1 Å². The SMILES string of the molecule is CN1CCCCC(c2nc(-c3ccc(-n4ccnc4)cc3)no2)C1=O. The number of benzene rings is 1. The van der Waals surface area contributed by atoms with Gasteiger partial charge in [0.05, 0.1) is 6.33 Å². The van der Waals surface area contributed by atoms with Crippen molar-refractivity contribution in [1.82, 2.24) is 24.6 Å². The standard InChI is InChI=1S/C18H19N5O2/c1-22-10-3-2-4-15(18(22)24)17-20-16(21-25-17)13-5-7-14(8-6-13)23-11-9-19-12-23/h5-9,11-12,15H,2-4,10H2,1H3. The van der Waals surface area contributed by atoms with Crippen molar-refractivity contribution in [2.45, 2.75) is 25.2 Å². The number of carbonyl (C=O) groups excluding carboxylic acids is 1. The van der Waals surface area contributed by atoms with Gasteiger partial charge in [-0.2, -0.15) is 4.98 Å². The van der Waals surface area contributed by atoms with Crippen molar-refractivity contribution in [2.24, 2.45) is 0 Å². The molecule has 7 nitrogen and oxygen atoms in total. The maximum absolute atomic E-state index is 12.5. The van der Waals surface area contributed by atoms with Gasteiger partial charge in [-0.3, -0.25) is 4.79 Å². The third kappa shape index (κ3) is 3.05. The van der Waals surface area contributed by atoms with Crippen molar-refractivity contribution in [3.05, 3.63) is 48.9 Å². The van der Waals surface area contributed by atoms with Gasteiger partial charge in [-0.15, -0.1) is 0 Å². The predicted molar refractivity (Wildman–Crippen MR) is 91.1 cm³/mol. The fraction of sp³-hybridized carbons (Fsp3) is 0.333. The zero-order valence-electron chi connectivity index (χ0n) is 14.0. The lowest BCUT2D eigenvalue weighted by atomic mass is 10.0. The molecule has 1 saturated heterocycles. The van der Waals surface area contributed by atoms with Gasteiger partial charge < -0.3 is 14.0 Å². The van der Waals surface area contributed by atoms with Crippen LogP contribution in [0.3, 0.4) is 0 Å². The van der Waals surface area contributed by atoms with Gasteiger partial charge in [0.2, 0.25) is 17.6 Å². The molecule has 3 aromatic rings. The normalized spacial score (nSPS) is 18.4. The first-order valence-corrected chi connectivity index (χ1v) is 8.40. The number of hydrogen-bond acceptors (Lipinski definition) is 5. The Bertz CT molecular complexity index is 854. The minimum Gasteiger partial charge on any atom is -0.345 e. The zero-order valence-corrected chi connectivity index (χ0v) is 14.0. The number of imidazole rings is 1. The lowest BCUT2D eigenvalue weighted by Crippen LogP contribution is -2.30. The first kappa shape index (κ1) is 15.6. The van der Waals surface area contributed by atoms with Gasteiger partial charge >= 0.3 is 0 Å². The van der Waals surface area contributed by atoms with Gasteiger partial charge in [0.1, 0.15) is 5.92 Å². The highest BCUT2D eigenvalue weighted by Gasteiger charge is 2.31. The monoisotopic (exact) mass is 337 g/mol. The molecule has 1 amide bonds.